The van der Waals surface area contributed by atoms with Crippen molar-refractivity contribution in [3.63, 3.8) is 0 Å². The van der Waals surface area contributed by atoms with Gasteiger partial charge in [0.25, 0.3) is 0 Å². The molecule has 1 heterocycles. The van der Waals surface area contributed by atoms with Crippen molar-refractivity contribution in [3.8, 4) is 0 Å². The fourth-order valence-corrected chi connectivity index (χ4v) is 3.09. The molecule has 5 nitrogen and oxygen atoms in total. The van der Waals surface area contributed by atoms with E-state index in [1.165, 1.54) is 12.0 Å². The molecule has 1 saturated heterocycles. The lowest BCUT2D eigenvalue weighted by Crippen LogP contribution is -2.37. The Morgan fingerprint density at radius 1 is 1.33 bits per heavy atom. The number of amidine groups is 1. The molecule has 1 aromatic carbocycles. The molecule has 0 aliphatic carbocycles. The standard InChI is InChI=1S/C16H26N4O/c1-3-20(4-2)15-9-10-19(12-15)11-13-5-7-14(8-6-13)16(17)18-21/h5-8,15,21H,3-4,9-12H2,1-2H3,(H2,17,18). The van der Waals surface area contributed by atoms with E-state index in [1.54, 1.807) is 0 Å². The molecule has 0 bridgehead atoms. The Labute approximate surface area is 127 Å². The van der Waals surface area contributed by atoms with Gasteiger partial charge in [0.05, 0.1) is 0 Å². The molecule has 0 spiro atoms. The van der Waals surface area contributed by atoms with E-state index in [2.05, 4.69) is 40.9 Å². The summed E-state index contributed by atoms with van der Waals surface area (Å²) in [7, 11) is 0. The summed E-state index contributed by atoms with van der Waals surface area (Å²) in [5, 5.41) is 11.7. The van der Waals surface area contributed by atoms with Gasteiger partial charge in [0.15, 0.2) is 5.84 Å². The van der Waals surface area contributed by atoms with Crippen LogP contribution in [0.1, 0.15) is 31.4 Å². The minimum Gasteiger partial charge on any atom is -0.409 e. The quantitative estimate of drug-likeness (QED) is 0.362. The van der Waals surface area contributed by atoms with Crippen molar-refractivity contribution in [1.82, 2.24) is 9.80 Å². The highest BCUT2D eigenvalue weighted by molar-refractivity contribution is 5.96. The first-order chi connectivity index (χ1) is 10.2. The minimum atomic E-state index is 0.157. The van der Waals surface area contributed by atoms with E-state index < -0.39 is 0 Å². The molecule has 1 aliphatic rings. The Kier molecular flexibility index (Phi) is 5.59. The average Bonchev–Trinajstić information content (AvgIpc) is 2.97. The van der Waals surface area contributed by atoms with Gasteiger partial charge in [-0.1, -0.05) is 43.3 Å². The Hall–Kier alpha value is -1.59. The number of hydrogen-bond acceptors (Lipinski definition) is 4. The number of likely N-dealkylation sites (N-methyl/N-ethyl adjacent to an activating group) is 1. The van der Waals surface area contributed by atoms with E-state index in [4.69, 9.17) is 10.9 Å². The molecule has 1 fully saturated rings. The molecule has 1 aliphatic heterocycles. The summed E-state index contributed by atoms with van der Waals surface area (Å²) in [6.45, 7) is 9.99. The van der Waals surface area contributed by atoms with Crippen LogP contribution in [-0.2, 0) is 6.54 Å². The largest absolute Gasteiger partial charge is 0.409 e. The lowest BCUT2D eigenvalue weighted by atomic mass is 10.1. The molecule has 1 aromatic rings. The number of likely N-dealkylation sites (tertiary alicyclic amines) is 1. The maximum absolute atomic E-state index is 8.67. The molecule has 1 unspecified atom stereocenters. The molecule has 21 heavy (non-hydrogen) atoms. The molecule has 3 N–H and O–H groups in total. The van der Waals surface area contributed by atoms with Crippen molar-refractivity contribution < 1.29 is 5.21 Å². The van der Waals surface area contributed by atoms with Crippen LogP contribution in [0.15, 0.2) is 29.4 Å². The normalized spacial score (nSPS) is 20.3. The maximum atomic E-state index is 8.67. The highest BCUT2D eigenvalue weighted by Crippen LogP contribution is 2.18. The van der Waals surface area contributed by atoms with Crippen LogP contribution in [0.25, 0.3) is 0 Å². The van der Waals surface area contributed by atoms with E-state index >= 15 is 0 Å². The van der Waals surface area contributed by atoms with Gasteiger partial charge in [-0.3, -0.25) is 9.80 Å². The van der Waals surface area contributed by atoms with Crippen molar-refractivity contribution in [1.29, 1.82) is 0 Å². The maximum Gasteiger partial charge on any atom is 0.170 e. The molecule has 0 radical (unpaired) electrons. The van der Waals surface area contributed by atoms with Gasteiger partial charge in [-0.25, -0.2) is 0 Å². The number of hydrogen-bond donors (Lipinski definition) is 2. The molecular weight excluding hydrogens is 264 g/mol. The number of benzene rings is 1. The molecular formula is C16H26N4O. The van der Waals surface area contributed by atoms with Crippen LogP contribution < -0.4 is 5.73 Å². The molecule has 0 aromatic heterocycles. The van der Waals surface area contributed by atoms with E-state index in [-0.39, 0.29) is 5.84 Å². The summed E-state index contributed by atoms with van der Waals surface area (Å²) < 4.78 is 0. The summed E-state index contributed by atoms with van der Waals surface area (Å²) in [4.78, 5) is 5.04. The smallest absolute Gasteiger partial charge is 0.170 e. The number of oxime groups is 1. The predicted molar refractivity (Wildman–Crippen MR) is 85.6 cm³/mol. The first kappa shape index (κ1) is 15.8. The van der Waals surface area contributed by atoms with E-state index in [1.807, 2.05) is 12.1 Å². The third-order valence-electron chi connectivity index (χ3n) is 4.34. The summed E-state index contributed by atoms with van der Waals surface area (Å²) in [6, 6.07) is 8.61. The third kappa shape index (κ3) is 3.95. The van der Waals surface area contributed by atoms with Gasteiger partial charge in [0.1, 0.15) is 0 Å². The number of rotatable bonds is 6. The van der Waals surface area contributed by atoms with Crippen molar-refractivity contribution in [2.75, 3.05) is 26.2 Å². The Morgan fingerprint density at radius 2 is 2.00 bits per heavy atom. The first-order valence-electron chi connectivity index (χ1n) is 7.71. The average molecular weight is 290 g/mol. The second-order valence-corrected chi connectivity index (χ2v) is 5.58. The molecule has 0 amide bonds. The molecule has 2 rings (SSSR count). The van der Waals surface area contributed by atoms with E-state index in [9.17, 15) is 0 Å². The fourth-order valence-electron chi connectivity index (χ4n) is 3.09. The number of nitrogens with zero attached hydrogens (tertiary/aromatic N) is 3. The fraction of sp³-hybridized carbons (Fsp3) is 0.562. The summed E-state index contributed by atoms with van der Waals surface area (Å²) in [6.07, 6.45) is 1.25. The molecule has 0 saturated carbocycles. The van der Waals surface area contributed by atoms with Gasteiger partial charge < -0.3 is 10.9 Å². The highest BCUT2D eigenvalue weighted by atomic mass is 16.4. The topological polar surface area (TPSA) is 65.1 Å². The SMILES string of the molecule is CCN(CC)C1CCN(Cc2ccc(C(N)=NO)cc2)C1. The lowest BCUT2D eigenvalue weighted by Gasteiger charge is -2.26. The van der Waals surface area contributed by atoms with Crippen LogP contribution in [-0.4, -0.2) is 53.1 Å². The van der Waals surface area contributed by atoms with Gasteiger partial charge in [-0.15, -0.1) is 0 Å². The second kappa shape index (κ2) is 7.43. The van der Waals surface area contributed by atoms with Crippen molar-refractivity contribution in [2.24, 2.45) is 10.9 Å². The van der Waals surface area contributed by atoms with Crippen LogP contribution in [0.4, 0.5) is 0 Å². The Bertz CT molecular complexity index is 468. The van der Waals surface area contributed by atoms with Gasteiger partial charge >= 0.3 is 0 Å². The zero-order chi connectivity index (χ0) is 15.2. The van der Waals surface area contributed by atoms with Crippen LogP contribution in [0.3, 0.4) is 0 Å². The molecule has 1 atom stereocenters. The van der Waals surface area contributed by atoms with Gasteiger partial charge in [0.2, 0.25) is 0 Å². The van der Waals surface area contributed by atoms with Crippen molar-refractivity contribution >= 4 is 5.84 Å². The van der Waals surface area contributed by atoms with Gasteiger partial charge in [-0.05, 0) is 25.1 Å². The Morgan fingerprint density at radius 3 is 2.57 bits per heavy atom. The summed E-state index contributed by atoms with van der Waals surface area (Å²) in [5.41, 5.74) is 7.60. The summed E-state index contributed by atoms with van der Waals surface area (Å²) in [5.74, 6) is 0.157. The highest BCUT2D eigenvalue weighted by Gasteiger charge is 2.25. The second-order valence-electron chi connectivity index (χ2n) is 5.58. The summed E-state index contributed by atoms with van der Waals surface area (Å²) >= 11 is 0. The van der Waals surface area contributed by atoms with Crippen LogP contribution >= 0.6 is 0 Å². The number of nitrogens with two attached hydrogens (primary N) is 1. The van der Waals surface area contributed by atoms with Crippen LogP contribution in [0, 0.1) is 0 Å². The minimum absolute atomic E-state index is 0.157. The Balaban J connectivity index is 1.91. The first-order valence-corrected chi connectivity index (χ1v) is 7.71. The molecule has 5 heteroatoms. The zero-order valence-electron chi connectivity index (χ0n) is 13.0. The monoisotopic (exact) mass is 290 g/mol. The van der Waals surface area contributed by atoms with Crippen molar-refractivity contribution in [3.05, 3.63) is 35.4 Å². The van der Waals surface area contributed by atoms with Gasteiger partial charge in [-0.2, -0.15) is 0 Å². The van der Waals surface area contributed by atoms with Crippen LogP contribution in [0.5, 0.6) is 0 Å². The van der Waals surface area contributed by atoms with E-state index in [0.717, 1.165) is 38.3 Å². The van der Waals surface area contributed by atoms with Crippen LogP contribution in [0.2, 0.25) is 0 Å². The zero-order valence-corrected chi connectivity index (χ0v) is 13.0. The molecule has 116 valence electrons. The van der Waals surface area contributed by atoms with E-state index in [0.29, 0.717) is 6.04 Å². The predicted octanol–water partition coefficient (Wildman–Crippen LogP) is 1.70. The third-order valence-corrected chi connectivity index (χ3v) is 4.34. The van der Waals surface area contributed by atoms with Crippen molar-refractivity contribution in [2.45, 2.75) is 32.9 Å². The lowest BCUT2D eigenvalue weighted by molar-refractivity contribution is 0.209. The van der Waals surface area contributed by atoms with Gasteiger partial charge in [0, 0.05) is 31.2 Å².